The summed E-state index contributed by atoms with van der Waals surface area (Å²) in [5.41, 5.74) is 0.177. The predicted molar refractivity (Wildman–Crippen MR) is 147 cm³/mol. The molecule has 12 heteroatoms. The van der Waals surface area contributed by atoms with E-state index in [0.29, 0.717) is 11.1 Å². The van der Waals surface area contributed by atoms with Gasteiger partial charge in [0.1, 0.15) is 18.3 Å². The van der Waals surface area contributed by atoms with Crippen LogP contribution in [0.25, 0.3) is 0 Å². The zero-order valence-corrected chi connectivity index (χ0v) is 25.6. The standard InChI is InChI=1S/C30H42O12/c1-14-24(38-16(3)32)11-22-26(40-18(5)34)10-21(13-31)23(37)12-25(39-17(4)33)15(2)28(41-19(6)35)29(42-20(7)36)27(14)30(22,8)9/h10,22-26,29,31,37H,11-13H2,1-9H3/b21-10+,28-15+/t22-,23-,24-,25-,26-,29+/m0/s1. The Balaban J connectivity index is 3.13. The van der Waals surface area contributed by atoms with Crippen molar-refractivity contribution >= 4 is 29.8 Å². The van der Waals surface area contributed by atoms with Crippen molar-refractivity contribution in [2.75, 3.05) is 6.61 Å². The van der Waals surface area contributed by atoms with Crippen LogP contribution in [-0.2, 0) is 47.7 Å². The molecule has 2 bridgehead atoms. The van der Waals surface area contributed by atoms with Gasteiger partial charge in [-0.3, -0.25) is 24.0 Å². The molecule has 0 radical (unpaired) electrons. The van der Waals surface area contributed by atoms with Crippen molar-refractivity contribution in [3.63, 3.8) is 0 Å². The summed E-state index contributed by atoms with van der Waals surface area (Å²) in [6.07, 6.45) is -4.54. The van der Waals surface area contributed by atoms with Gasteiger partial charge in [0.2, 0.25) is 0 Å². The van der Waals surface area contributed by atoms with Gasteiger partial charge in [-0.15, -0.1) is 0 Å². The normalized spacial score (nSPS) is 30.9. The van der Waals surface area contributed by atoms with E-state index in [0.717, 1.165) is 13.8 Å². The van der Waals surface area contributed by atoms with E-state index in [2.05, 4.69) is 0 Å². The van der Waals surface area contributed by atoms with Gasteiger partial charge in [-0.1, -0.05) is 13.8 Å². The van der Waals surface area contributed by atoms with Crippen LogP contribution in [0.5, 0.6) is 0 Å². The van der Waals surface area contributed by atoms with E-state index in [1.54, 1.807) is 6.92 Å². The summed E-state index contributed by atoms with van der Waals surface area (Å²) in [4.78, 5) is 61.5. The first-order valence-corrected chi connectivity index (χ1v) is 13.7. The molecule has 0 fully saturated rings. The fourth-order valence-electron chi connectivity index (χ4n) is 5.85. The van der Waals surface area contributed by atoms with Crippen LogP contribution >= 0.6 is 0 Å². The molecule has 234 valence electrons. The highest BCUT2D eigenvalue weighted by atomic mass is 16.6. The zero-order valence-electron chi connectivity index (χ0n) is 25.6. The van der Waals surface area contributed by atoms with E-state index in [1.165, 1.54) is 33.8 Å². The van der Waals surface area contributed by atoms with Crippen LogP contribution < -0.4 is 0 Å². The predicted octanol–water partition coefficient (Wildman–Crippen LogP) is 2.60. The minimum atomic E-state index is -1.40. The molecule has 2 rings (SSSR count). The van der Waals surface area contributed by atoms with Crippen molar-refractivity contribution in [1.82, 2.24) is 0 Å². The molecule has 2 aliphatic rings. The van der Waals surface area contributed by atoms with Gasteiger partial charge in [-0.25, -0.2) is 0 Å². The first-order valence-electron chi connectivity index (χ1n) is 13.7. The van der Waals surface area contributed by atoms with E-state index in [4.69, 9.17) is 23.7 Å². The number of carbonyl (C=O) groups is 5. The first-order chi connectivity index (χ1) is 19.4. The third-order valence-corrected chi connectivity index (χ3v) is 7.65. The van der Waals surface area contributed by atoms with Crippen LogP contribution in [0.1, 0.15) is 75.2 Å². The number of ether oxygens (including phenoxy) is 5. The quantitative estimate of drug-likeness (QED) is 0.262. The highest BCUT2D eigenvalue weighted by molar-refractivity contribution is 5.70. The summed E-state index contributed by atoms with van der Waals surface area (Å²) in [6, 6.07) is 0. The number of hydrogen-bond acceptors (Lipinski definition) is 12. The maximum atomic E-state index is 12.5. The van der Waals surface area contributed by atoms with Crippen molar-refractivity contribution in [2.24, 2.45) is 11.3 Å². The molecule has 0 unspecified atom stereocenters. The van der Waals surface area contributed by atoms with E-state index in [9.17, 15) is 34.2 Å². The molecule has 0 aliphatic heterocycles. The second-order valence-corrected chi connectivity index (χ2v) is 11.2. The molecule has 0 aromatic heterocycles. The largest absolute Gasteiger partial charge is 0.458 e. The molecule has 0 heterocycles. The topological polar surface area (TPSA) is 172 Å². The van der Waals surface area contributed by atoms with Gasteiger partial charge >= 0.3 is 29.8 Å². The molecule has 0 saturated heterocycles. The van der Waals surface area contributed by atoms with Crippen molar-refractivity contribution in [1.29, 1.82) is 0 Å². The van der Waals surface area contributed by atoms with Crippen LogP contribution in [-0.4, -0.2) is 77.2 Å². The molecule has 42 heavy (non-hydrogen) atoms. The smallest absolute Gasteiger partial charge is 0.307 e. The number of carbonyl (C=O) groups excluding carboxylic acids is 5. The number of aliphatic hydroxyl groups is 2. The molecule has 6 atom stereocenters. The van der Waals surface area contributed by atoms with Crippen LogP contribution in [0.15, 0.2) is 34.1 Å². The highest BCUT2D eigenvalue weighted by Gasteiger charge is 2.51. The Morgan fingerprint density at radius 2 is 1.29 bits per heavy atom. The number of rotatable bonds is 6. The second kappa shape index (κ2) is 14.1. The summed E-state index contributed by atoms with van der Waals surface area (Å²) >= 11 is 0. The van der Waals surface area contributed by atoms with Gasteiger partial charge in [0, 0.05) is 52.5 Å². The summed E-state index contributed by atoms with van der Waals surface area (Å²) in [6.45, 7) is 12.2. The van der Waals surface area contributed by atoms with Crippen LogP contribution in [0.2, 0.25) is 0 Å². The fourth-order valence-corrected chi connectivity index (χ4v) is 5.85. The van der Waals surface area contributed by atoms with Crippen LogP contribution in [0.3, 0.4) is 0 Å². The molecule has 2 N–H and O–H groups in total. The molecule has 0 aromatic carbocycles. The average molecular weight is 595 g/mol. The zero-order chi connectivity index (χ0) is 32.1. The highest BCUT2D eigenvalue weighted by Crippen LogP contribution is 2.51. The minimum absolute atomic E-state index is 0.0880. The van der Waals surface area contributed by atoms with E-state index < -0.39 is 78.3 Å². The molecule has 0 aromatic rings. The lowest BCUT2D eigenvalue weighted by molar-refractivity contribution is -0.156. The molecule has 2 aliphatic carbocycles. The van der Waals surface area contributed by atoms with Gasteiger partial charge in [-0.05, 0) is 48.5 Å². The Morgan fingerprint density at radius 3 is 1.74 bits per heavy atom. The summed E-state index contributed by atoms with van der Waals surface area (Å²) in [5, 5.41) is 21.4. The molecular formula is C30H42O12. The first kappa shape index (κ1) is 34.7. The summed E-state index contributed by atoms with van der Waals surface area (Å²) < 4.78 is 28.4. The van der Waals surface area contributed by atoms with Gasteiger partial charge < -0.3 is 33.9 Å². The lowest BCUT2D eigenvalue weighted by Crippen LogP contribution is -2.49. The Kier molecular flexibility index (Phi) is 11.7. The SMILES string of the molecule is CC(=O)O/C1=C(\C)[C@@H](OC(C)=O)C[C@H](O)/C(CO)=C/[C@H](OC(C)=O)[C@@H]2C[C@H](OC(C)=O)C(C)=C([C@H]1OC(C)=O)C2(C)C. The third-order valence-electron chi connectivity index (χ3n) is 7.65. The minimum Gasteiger partial charge on any atom is -0.458 e. The Morgan fingerprint density at radius 1 is 0.786 bits per heavy atom. The van der Waals surface area contributed by atoms with Crippen molar-refractivity contribution < 1.29 is 57.9 Å². The van der Waals surface area contributed by atoms with Gasteiger partial charge in [0.05, 0.1) is 12.7 Å². The Bertz CT molecular complexity index is 1190. The number of fused-ring (bicyclic) bond motifs is 2. The maximum Gasteiger partial charge on any atom is 0.307 e. The molecular weight excluding hydrogens is 552 g/mol. The fraction of sp³-hybridized carbons (Fsp3) is 0.633. The van der Waals surface area contributed by atoms with Gasteiger partial charge in [-0.2, -0.15) is 0 Å². The monoisotopic (exact) mass is 594 g/mol. The molecule has 0 amide bonds. The van der Waals surface area contributed by atoms with E-state index in [1.807, 2.05) is 13.8 Å². The lowest BCUT2D eigenvalue weighted by atomic mass is 9.60. The van der Waals surface area contributed by atoms with Crippen LogP contribution in [0.4, 0.5) is 0 Å². The van der Waals surface area contributed by atoms with Gasteiger partial charge in [0.15, 0.2) is 11.9 Å². The number of aliphatic hydroxyl groups excluding tert-OH is 2. The number of hydrogen-bond donors (Lipinski definition) is 2. The van der Waals surface area contributed by atoms with Crippen molar-refractivity contribution in [3.8, 4) is 0 Å². The van der Waals surface area contributed by atoms with Crippen molar-refractivity contribution in [2.45, 2.75) is 106 Å². The van der Waals surface area contributed by atoms with E-state index >= 15 is 0 Å². The van der Waals surface area contributed by atoms with E-state index in [-0.39, 0.29) is 29.7 Å². The average Bonchev–Trinajstić information content (AvgIpc) is 2.83. The summed E-state index contributed by atoms with van der Waals surface area (Å²) in [5.74, 6) is -4.23. The molecule has 0 spiro atoms. The Labute approximate surface area is 245 Å². The third kappa shape index (κ3) is 8.28. The molecule has 12 nitrogen and oxygen atoms in total. The number of esters is 5. The molecule has 0 saturated carbocycles. The van der Waals surface area contributed by atoms with Gasteiger partial charge in [0.25, 0.3) is 0 Å². The maximum absolute atomic E-state index is 12.5. The Hall–Kier alpha value is -3.51. The van der Waals surface area contributed by atoms with Crippen LogP contribution in [0, 0.1) is 11.3 Å². The lowest BCUT2D eigenvalue weighted by Gasteiger charge is -2.48. The second-order valence-electron chi connectivity index (χ2n) is 11.2. The summed E-state index contributed by atoms with van der Waals surface area (Å²) in [7, 11) is 0. The van der Waals surface area contributed by atoms with Crippen molar-refractivity contribution in [3.05, 3.63) is 34.1 Å².